The zero-order valence-electron chi connectivity index (χ0n) is 21.3. The molecule has 0 spiro atoms. The highest BCUT2D eigenvalue weighted by Crippen LogP contribution is 2.35. The van der Waals surface area contributed by atoms with Crippen LogP contribution in [0.25, 0.3) is 0 Å². The Hall–Kier alpha value is -2.70. The summed E-state index contributed by atoms with van der Waals surface area (Å²) in [7, 11) is 0. The lowest BCUT2D eigenvalue weighted by Crippen LogP contribution is -2.56. The number of carbonyl (C=O) groups excluding carboxylic acids is 2. The molecule has 0 saturated carbocycles. The van der Waals surface area contributed by atoms with Crippen molar-refractivity contribution >= 4 is 11.8 Å². The summed E-state index contributed by atoms with van der Waals surface area (Å²) in [6, 6.07) is 20.1. The Morgan fingerprint density at radius 3 is 2.11 bits per heavy atom. The molecule has 3 N–H and O–H groups in total. The Bertz CT molecular complexity index is 979. The highest BCUT2D eigenvalue weighted by molar-refractivity contribution is 5.90. The van der Waals surface area contributed by atoms with Gasteiger partial charge in [0.1, 0.15) is 6.04 Å². The number of nitrogens with two attached hydrogens (primary N) is 1. The third-order valence-corrected chi connectivity index (χ3v) is 7.62. The molecule has 2 aromatic rings. The summed E-state index contributed by atoms with van der Waals surface area (Å²) in [5.41, 5.74) is 8.46. The van der Waals surface area contributed by atoms with Gasteiger partial charge in [-0.05, 0) is 49.3 Å². The fourth-order valence-electron chi connectivity index (χ4n) is 5.60. The Morgan fingerprint density at radius 2 is 1.54 bits per heavy atom. The van der Waals surface area contributed by atoms with Gasteiger partial charge in [-0.15, -0.1) is 0 Å². The second kappa shape index (κ2) is 11.4. The fraction of sp³-hybridized carbons (Fsp3) is 0.517. The van der Waals surface area contributed by atoms with E-state index in [2.05, 4.69) is 64.8 Å². The van der Waals surface area contributed by atoms with Crippen LogP contribution in [0.3, 0.4) is 0 Å². The van der Waals surface area contributed by atoms with E-state index in [1.807, 2.05) is 24.8 Å². The molecule has 2 aromatic carbocycles. The van der Waals surface area contributed by atoms with E-state index in [9.17, 15) is 9.59 Å². The summed E-state index contributed by atoms with van der Waals surface area (Å²) in [6.07, 6.45) is 2.08. The molecular weight excluding hydrogens is 436 g/mol. The van der Waals surface area contributed by atoms with E-state index in [-0.39, 0.29) is 23.8 Å². The number of rotatable bonds is 8. The third-order valence-electron chi connectivity index (χ3n) is 7.62. The first-order chi connectivity index (χ1) is 16.8. The van der Waals surface area contributed by atoms with E-state index in [1.165, 1.54) is 11.1 Å². The maximum Gasteiger partial charge on any atom is 0.245 e. The summed E-state index contributed by atoms with van der Waals surface area (Å²) >= 11 is 0. The minimum atomic E-state index is -0.644. The summed E-state index contributed by atoms with van der Waals surface area (Å²) < 4.78 is 0. The Kier molecular flexibility index (Phi) is 8.24. The Labute approximate surface area is 209 Å². The highest BCUT2D eigenvalue weighted by atomic mass is 16.2. The van der Waals surface area contributed by atoms with Crippen LogP contribution in [0, 0.1) is 5.92 Å². The molecule has 0 aromatic heterocycles. The Balaban J connectivity index is 1.51. The molecule has 35 heavy (non-hydrogen) atoms. The van der Waals surface area contributed by atoms with Crippen LogP contribution in [0.15, 0.2) is 60.7 Å². The number of likely N-dealkylation sites (tertiary alicyclic amines) is 2. The fourth-order valence-corrected chi connectivity index (χ4v) is 5.60. The van der Waals surface area contributed by atoms with Crippen LogP contribution in [0.1, 0.15) is 56.6 Å². The summed E-state index contributed by atoms with van der Waals surface area (Å²) in [6.45, 7) is 9.23. The van der Waals surface area contributed by atoms with Crippen LogP contribution in [0.2, 0.25) is 0 Å². The van der Waals surface area contributed by atoms with E-state index in [0.717, 1.165) is 32.5 Å². The second-order valence-electron chi connectivity index (χ2n) is 10.7. The third kappa shape index (κ3) is 6.11. The molecule has 0 radical (unpaired) electrons. The van der Waals surface area contributed by atoms with Gasteiger partial charge in [0.15, 0.2) is 0 Å². The summed E-state index contributed by atoms with van der Waals surface area (Å²) in [4.78, 5) is 30.8. The van der Waals surface area contributed by atoms with Crippen LogP contribution in [0.4, 0.5) is 0 Å². The molecule has 2 amide bonds. The van der Waals surface area contributed by atoms with Gasteiger partial charge in [0.2, 0.25) is 11.8 Å². The van der Waals surface area contributed by atoms with Crippen molar-refractivity contribution in [3.05, 3.63) is 71.8 Å². The number of benzene rings is 2. The predicted molar refractivity (Wildman–Crippen MR) is 140 cm³/mol. The van der Waals surface area contributed by atoms with Gasteiger partial charge >= 0.3 is 0 Å². The average molecular weight is 477 g/mol. The van der Waals surface area contributed by atoms with Crippen molar-refractivity contribution in [2.75, 3.05) is 26.2 Å². The van der Waals surface area contributed by atoms with Crippen molar-refractivity contribution in [1.82, 2.24) is 15.1 Å². The summed E-state index contributed by atoms with van der Waals surface area (Å²) in [5.74, 6) is 0.555. The van der Waals surface area contributed by atoms with E-state index >= 15 is 0 Å². The first kappa shape index (κ1) is 25.4. The number of amides is 2. The van der Waals surface area contributed by atoms with Crippen LogP contribution in [0.5, 0.6) is 0 Å². The number of nitrogens with zero attached hydrogens (tertiary/aromatic N) is 2. The molecule has 4 rings (SSSR count). The van der Waals surface area contributed by atoms with E-state index < -0.39 is 12.1 Å². The monoisotopic (exact) mass is 476 g/mol. The maximum atomic E-state index is 13.8. The molecule has 2 aliphatic rings. The van der Waals surface area contributed by atoms with E-state index in [4.69, 9.17) is 5.73 Å². The molecule has 2 saturated heterocycles. The first-order valence-electron chi connectivity index (χ1n) is 13.0. The smallest absolute Gasteiger partial charge is 0.245 e. The standard InChI is InChI=1S/C29H40N4O2/c1-20(2)27(31-28(34)21(3)30)29(35)33-18-25(23-12-8-5-9-13-23)16-26(33)19-32-15-14-24(17-32)22-10-6-4-7-11-22/h4-13,20-21,24-27H,14-19,30H2,1-3H3,(H,31,34)/t21-,24?,25-,26-,27+/m0/s1. The van der Waals surface area contributed by atoms with Gasteiger partial charge in [0, 0.05) is 31.6 Å². The van der Waals surface area contributed by atoms with Gasteiger partial charge in [0.05, 0.1) is 6.04 Å². The lowest BCUT2D eigenvalue weighted by Gasteiger charge is -2.33. The Morgan fingerprint density at radius 1 is 0.943 bits per heavy atom. The molecule has 5 atom stereocenters. The number of nitrogens with one attached hydrogen (secondary N) is 1. The molecular formula is C29H40N4O2. The van der Waals surface area contributed by atoms with Crippen LogP contribution >= 0.6 is 0 Å². The van der Waals surface area contributed by atoms with Crippen molar-refractivity contribution in [2.45, 2.75) is 63.6 Å². The predicted octanol–water partition coefficient (Wildman–Crippen LogP) is 3.35. The lowest BCUT2D eigenvalue weighted by atomic mass is 9.96. The lowest BCUT2D eigenvalue weighted by molar-refractivity contribution is -0.138. The maximum absolute atomic E-state index is 13.8. The van der Waals surface area contributed by atoms with Gasteiger partial charge in [0.25, 0.3) is 0 Å². The highest BCUT2D eigenvalue weighted by Gasteiger charge is 2.41. The van der Waals surface area contributed by atoms with Crippen molar-refractivity contribution in [2.24, 2.45) is 11.7 Å². The first-order valence-corrected chi connectivity index (χ1v) is 13.0. The molecule has 0 bridgehead atoms. The van der Waals surface area contributed by atoms with E-state index in [0.29, 0.717) is 18.4 Å². The molecule has 0 aliphatic carbocycles. The summed E-state index contributed by atoms with van der Waals surface area (Å²) in [5, 5.41) is 2.92. The minimum Gasteiger partial charge on any atom is -0.343 e. The van der Waals surface area contributed by atoms with Gasteiger partial charge < -0.3 is 20.9 Å². The molecule has 2 heterocycles. The average Bonchev–Trinajstić information content (AvgIpc) is 3.50. The quantitative estimate of drug-likeness (QED) is 0.613. The van der Waals surface area contributed by atoms with Crippen molar-refractivity contribution < 1.29 is 9.59 Å². The SMILES string of the molecule is CC(C)[C@@H](NC(=O)[C@H](C)N)C(=O)N1C[C@@H](c2ccccc2)C[C@H]1CN1CCC(c2ccccc2)C1. The normalized spacial score (nSPS) is 24.5. The van der Waals surface area contributed by atoms with Crippen LogP contribution in [-0.4, -0.2) is 65.9 Å². The van der Waals surface area contributed by atoms with Gasteiger partial charge in [-0.25, -0.2) is 0 Å². The van der Waals surface area contributed by atoms with Gasteiger partial charge in [-0.1, -0.05) is 74.5 Å². The topological polar surface area (TPSA) is 78.7 Å². The number of hydrogen-bond acceptors (Lipinski definition) is 4. The molecule has 6 heteroatoms. The van der Waals surface area contributed by atoms with Crippen LogP contribution in [-0.2, 0) is 9.59 Å². The molecule has 1 unspecified atom stereocenters. The van der Waals surface area contributed by atoms with Crippen molar-refractivity contribution in [3.8, 4) is 0 Å². The number of hydrogen-bond donors (Lipinski definition) is 2. The zero-order chi connectivity index (χ0) is 24.9. The molecule has 2 fully saturated rings. The van der Waals surface area contributed by atoms with Crippen LogP contribution < -0.4 is 11.1 Å². The zero-order valence-corrected chi connectivity index (χ0v) is 21.3. The van der Waals surface area contributed by atoms with Gasteiger partial charge in [-0.2, -0.15) is 0 Å². The van der Waals surface area contributed by atoms with E-state index in [1.54, 1.807) is 6.92 Å². The van der Waals surface area contributed by atoms with Gasteiger partial charge in [-0.3, -0.25) is 9.59 Å². The second-order valence-corrected chi connectivity index (χ2v) is 10.7. The van der Waals surface area contributed by atoms with Crippen molar-refractivity contribution in [3.63, 3.8) is 0 Å². The largest absolute Gasteiger partial charge is 0.343 e. The minimum absolute atomic E-state index is 0.0104. The molecule has 2 aliphatic heterocycles. The molecule has 6 nitrogen and oxygen atoms in total. The number of carbonyl (C=O) groups is 2. The van der Waals surface area contributed by atoms with Crippen molar-refractivity contribution in [1.29, 1.82) is 0 Å². The molecule has 188 valence electrons.